The van der Waals surface area contributed by atoms with Crippen LogP contribution in [0.15, 0.2) is 59.0 Å². The molecule has 0 saturated carbocycles. The molecular formula is C15H16O2S. The van der Waals surface area contributed by atoms with Crippen LogP contribution in [0.5, 0.6) is 0 Å². The van der Waals surface area contributed by atoms with E-state index in [1.807, 2.05) is 12.1 Å². The van der Waals surface area contributed by atoms with E-state index in [0.717, 1.165) is 18.4 Å². The van der Waals surface area contributed by atoms with Crippen LogP contribution in [0.2, 0.25) is 0 Å². The number of rotatable bonds is 2. The van der Waals surface area contributed by atoms with E-state index in [1.165, 1.54) is 0 Å². The van der Waals surface area contributed by atoms with Crippen LogP contribution >= 0.6 is 0 Å². The van der Waals surface area contributed by atoms with Gasteiger partial charge in [-0.3, -0.25) is 0 Å². The summed E-state index contributed by atoms with van der Waals surface area (Å²) in [6.45, 7) is 0. The highest BCUT2D eigenvalue weighted by atomic mass is 32.2. The zero-order chi connectivity index (χ0) is 12.6. The Morgan fingerprint density at radius 1 is 1.11 bits per heavy atom. The average molecular weight is 260 g/mol. The molecule has 3 rings (SSSR count). The van der Waals surface area contributed by atoms with E-state index in [9.17, 15) is 8.42 Å². The van der Waals surface area contributed by atoms with Crippen molar-refractivity contribution in [2.45, 2.75) is 29.4 Å². The molecule has 3 heteroatoms. The molecule has 1 aromatic rings. The molecule has 0 amide bonds. The monoisotopic (exact) mass is 260 g/mol. The lowest BCUT2D eigenvalue weighted by atomic mass is 9.92. The Balaban J connectivity index is 2.03. The topological polar surface area (TPSA) is 34.1 Å². The summed E-state index contributed by atoms with van der Waals surface area (Å²) in [6, 6.07) is 8.80. The summed E-state index contributed by atoms with van der Waals surface area (Å²) in [5.74, 6) is 0.349. The Kier molecular flexibility index (Phi) is 2.86. The number of benzene rings is 1. The summed E-state index contributed by atoms with van der Waals surface area (Å²) in [5, 5.41) is -0.350. The van der Waals surface area contributed by atoms with Crippen molar-refractivity contribution in [3.05, 3.63) is 54.1 Å². The predicted octanol–water partition coefficient (Wildman–Crippen LogP) is 3.13. The molecule has 0 bridgehead atoms. The van der Waals surface area contributed by atoms with Gasteiger partial charge in [-0.1, -0.05) is 36.4 Å². The van der Waals surface area contributed by atoms with E-state index in [1.54, 1.807) is 24.3 Å². The van der Waals surface area contributed by atoms with Gasteiger partial charge in [-0.25, -0.2) is 8.42 Å². The van der Waals surface area contributed by atoms with Gasteiger partial charge in [-0.15, -0.1) is 0 Å². The summed E-state index contributed by atoms with van der Waals surface area (Å²) in [5.41, 5.74) is 1.11. The Morgan fingerprint density at radius 3 is 2.67 bits per heavy atom. The lowest BCUT2D eigenvalue weighted by Gasteiger charge is -2.25. The molecule has 2 atom stereocenters. The van der Waals surface area contributed by atoms with Gasteiger partial charge in [-0.05, 0) is 42.9 Å². The summed E-state index contributed by atoms with van der Waals surface area (Å²) < 4.78 is 25.3. The van der Waals surface area contributed by atoms with Crippen molar-refractivity contribution in [2.24, 2.45) is 5.92 Å². The Morgan fingerprint density at radius 2 is 1.89 bits per heavy atom. The fourth-order valence-electron chi connectivity index (χ4n) is 2.91. The fraction of sp³-hybridized carbons (Fsp3) is 0.333. The van der Waals surface area contributed by atoms with Crippen molar-refractivity contribution in [3.63, 3.8) is 0 Å². The van der Waals surface area contributed by atoms with Gasteiger partial charge in [0.05, 0.1) is 10.1 Å². The molecule has 2 aliphatic rings. The van der Waals surface area contributed by atoms with E-state index in [0.29, 0.717) is 17.2 Å². The predicted molar refractivity (Wildman–Crippen MR) is 72.0 cm³/mol. The number of fused-ring (bicyclic) bond motifs is 1. The molecular weight excluding hydrogens is 244 g/mol. The molecule has 94 valence electrons. The minimum Gasteiger partial charge on any atom is -0.223 e. The normalized spacial score (nSPS) is 26.8. The first-order valence-corrected chi connectivity index (χ1v) is 7.90. The van der Waals surface area contributed by atoms with Crippen molar-refractivity contribution in [2.75, 3.05) is 0 Å². The van der Waals surface area contributed by atoms with Gasteiger partial charge in [0.25, 0.3) is 0 Å². The summed E-state index contributed by atoms with van der Waals surface area (Å²) in [4.78, 5) is 0.442. The lowest BCUT2D eigenvalue weighted by Crippen LogP contribution is -2.27. The molecule has 0 N–H and O–H groups in total. The SMILES string of the molecule is O=S(=O)(c1ccccc1)[C@H]1CC=C[C@H]2CCC=C21. The van der Waals surface area contributed by atoms with Crippen LogP contribution < -0.4 is 0 Å². The zero-order valence-corrected chi connectivity index (χ0v) is 10.9. The van der Waals surface area contributed by atoms with Gasteiger partial charge < -0.3 is 0 Å². The molecule has 1 aromatic carbocycles. The third kappa shape index (κ3) is 1.83. The number of hydrogen-bond acceptors (Lipinski definition) is 2. The van der Waals surface area contributed by atoms with Crippen LogP contribution in [0.1, 0.15) is 19.3 Å². The molecule has 0 fully saturated rings. The minimum absolute atomic E-state index is 0.349. The van der Waals surface area contributed by atoms with Gasteiger partial charge in [0.2, 0.25) is 0 Å². The molecule has 0 aliphatic heterocycles. The van der Waals surface area contributed by atoms with E-state index in [4.69, 9.17) is 0 Å². The summed E-state index contributed by atoms with van der Waals surface area (Å²) >= 11 is 0. The van der Waals surface area contributed by atoms with E-state index >= 15 is 0 Å². The highest BCUT2D eigenvalue weighted by Gasteiger charge is 2.36. The van der Waals surface area contributed by atoms with Crippen LogP contribution in [-0.4, -0.2) is 13.7 Å². The van der Waals surface area contributed by atoms with Crippen LogP contribution in [-0.2, 0) is 9.84 Å². The molecule has 2 nitrogen and oxygen atoms in total. The molecule has 2 aliphatic carbocycles. The average Bonchev–Trinajstić information content (AvgIpc) is 2.87. The lowest BCUT2D eigenvalue weighted by molar-refractivity contribution is 0.576. The number of hydrogen-bond donors (Lipinski definition) is 0. The second-order valence-electron chi connectivity index (χ2n) is 4.90. The van der Waals surface area contributed by atoms with Crippen molar-refractivity contribution < 1.29 is 8.42 Å². The highest BCUT2D eigenvalue weighted by molar-refractivity contribution is 7.92. The molecule has 18 heavy (non-hydrogen) atoms. The number of sulfone groups is 1. The molecule has 0 heterocycles. The number of allylic oxidation sites excluding steroid dienone is 3. The quantitative estimate of drug-likeness (QED) is 0.766. The first-order chi connectivity index (χ1) is 8.69. The Hall–Kier alpha value is -1.35. The Labute approximate surface area is 108 Å². The van der Waals surface area contributed by atoms with E-state index in [2.05, 4.69) is 12.2 Å². The van der Waals surface area contributed by atoms with Crippen LogP contribution in [0.4, 0.5) is 0 Å². The second-order valence-corrected chi connectivity index (χ2v) is 7.03. The van der Waals surface area contributed by atoms with Crippen LogP contribution in [0, 0.1) is 5.92 Å². The Bertz CT molecular complexity index is 597. The maximum absolute atomic E-state index is 12.7. The van der Waals surface area contributed by atoms with Gasteiger partial charge in [0, 0.05) is 0 Å². The fourth-order valence-corrected chi connectivity index (χ4v) is 4.77. The van der Waals surface area contributed by atoms with Crippen molar-refractivity contribution in [1.82, 2.24) is 0 Å². The summed E-state index contributed by atoms with van der Waals surface area (Å²) in [6.07, 6.45) is 8.99. The smallest absolute Gasteiger partial charge is 0.185 e. The highest BCUT2D eigenvalue weighted by Crippen LogP contribution is 2.38. The molecule has 0 spiro atoms. The largest absolute Gasteiger partial charge is 0.223 e. The van der Waals surface area contributed by atoms with Crippen molar-refractivity contribution in [3.8, 4) is 0 Å². The van der Waals surface area contributed by atoms with Gasteiger partial charge >= 0.3 is 0 Å². The van der Waals surface area contributed by atoms with Gasteiger partial charge in [-0.2, -0.15) is 0 Å². The van der Waals surface area contributed by atoms with Crippen molar-refractivity contribution >= 4 is 9.84 Å². The van der Waals surface area contributed by atoms with Crippen LogP contribution in [0.3, 0.4) is 0 Å². The molecule has 0 saturated heterocycles. The first kappa shape index (κ1) is 11.7. The van der Waals surface area contributed by atoms with E-state index < -0.39 is 9.84 Å². The third-order valence-electron chi connectivity index (χ3n) is 3.82. The third-order valence-corrected chi connectivity index (χ3v) is 5.97. The second kappa shape index (κ2) is 4.39. The maximum atomic E-state index is 12.7. The first-order valence-electron chi connectivity index (χ1n) is 6.35. The van der Waals surface area contributed by atoms with E-state index in [-0.39, 0.29) is 5.25 Å². The standard InChI is InChI=1S/C15H16O2S/c16-18(17,13-8-2-1-3-9-13)15-11-5-7-12-6-4-10-14(12)15/h1-3,5,7-10,12,15H,4,6,11H2/t12-,15+/m1/s1. The van der Waals surface area contributed by atoms with Crippen molar-refractivity contribution in [1.29, 1.82) is 0 Å². The molecule has 0 radical (unpaired) electrons. The van der Waals surface area contributed by atoms with Crippen LogP contribution in [0.25, 0.3) is 0 Å². The molecule has 0 unspecified atom stereocenters. The minimum atomic E-state index is -3.24. The maximum Gasteiger partial charge on any atom is 0.185 e. The zero-order valence-electron chi connectivity index (χ0n) is 10.1. The summed E-state index contributed by atoms with van der Waals surface area (Å²) in [7, 11) is -3.24. The van der Waals surface area contributed by atoms with Gasteiger partial charge in [0.15, 0.2) is 9.84 Å². The molecule has 0 aromatic heterocycles. The van der Waals surface area contributed by atoms with Gasteiger partial charge in [0.1, 0.15) is 0 Å².